The number of nitrogens with zero attached hydrogens (tertiary/aromatic N) is 1. The van der Waals surface area contributed by atoms with E-state index in [-0.39, 0.29) is 5.56 Å². The molecule has 0 saturated carbocycles. The van der Waals surface area contributed by atoms with Crippen LogP contribution in [-0.4, -0.2) is 4.98 Å². The largest absolute Gasteiger partial charge is 0.416 e. The first kappa shape index (κ1) is 20.4. The lowest BCUT2D eigenvalue weighted by Crippen LogP contribution is -2.13. The van der Waals surface area contributed by atoms with Crippen LogP contribution in [0.5, 0.6) is 0 Å². The molecule has 148 valence electrons. The minimum Gasteiger partial charge on any atom is -0.321 e. The molecule has 0 unspecified atom stereocenters. The molecule has 0 aliphatic carbocycles. The van der Waals surface area contributed by atoms with E-state index in [9.17, 15) is 23.2 Å². The van der Waals surface area contributed by atoms with Crippen LogP contribution in [0.2, 0.25) is 0 Å². The maximum Gasteiger partial charge on any atom is 0.416 e. The maximum atomic E-state index is 12.8. The first-order valence-electron chi connectivity index (χ1n) is 9.13. The third kappa shape index (κ3) is 4.57. The van der Waals surface area contributed by atoms with Crippen molar-refractivity contribution >= 4 is 0 Å². The fourth-order valence-corrected chi connectivity index (χ4v) is 3.18. The fourth-order valence-electron chi connectivity index (χ4n) is 3.18. The molecule has 3 rings (SSSR count). The number of rotatable bonds is 4. The van der Waals surface area contributed by atoms with E-state index in [0.717, 1.165) is 24.1 Å². The molecule has 29 heavy (non-hydrogen) atoms. The maximum absolute atomic E-state index is 12.8. The van der Waals surface area contributed by atoms with Gasteiger partial charge in [-0.05, 0) is 47.2 Å². The van der Waals surface area contributed by atoms with Crippen molar-refractivity contribution in [3.63, 3.8) is 0 Å². The van der Waals surface area contributed by atoms with Crippen LogP contribution < -0.4 is 5.56 Å². The second-order valence-electron chi connectivity index (χ2n) is 7.28. The van der Waals surface area contributed by atoms with Gasteiger partial charge in [-0.1, -0.05) is 50.2 Å². The van der Waals surface area contributed by atoms with Crippen LogP contribution in [0, 0.1) is 17.2 Å². The van der Waals surface area contributed by atoms with Gasteiger partial charge >= 0.3 is 6.18 Å². The number of nitriles is 1. The van der Waals surface area contributed by atoms with Crippen molar-refractivity contribution in [2.45, 2.75) is 26.4 Å². The molecule has 1 heterocycles. The first-order valence-corrected chi connectivity index (χ1v) is 9.13. The second-order valence-corrected chi connectivity index (χ2v) is 7.28. The van der Waals surface area contributed by atoms with E-state index in [0.29, 0.717) is 22.7 Å². The standard InChI is InChI=1S/C23H19F3N2O/c1-14(2)11-15-3-5-17(6-4-15)21-12-19(20(13-27)22(29)28-21)16-7-9-18(10-8-16)23(24,25)26/h3-10,12,14H,11H2,1-2H3,(H,28,29). The number of alkyl halides is 3. The molecule has 0 saturated heterocycles. The van der Waals surface area contributed by atoms with Gasteiger partial charge in [0, 0.05) is 11.3 Å². The summed E-state index contributed by atoms with van der Waals surface area (Å²) in [7, 11) is 0. The van der Waals surface area contributed by atoms with E-state index >= 15 is 0 Å². The zero-order chi connectivity index (χ0) is 21.2. The van der Waals surface area contributed by atoms with Gasteiger partial charge in [-0.3, -0.25) is 4.79 Å². The fraction of sp³-hybridized carbons (Fsp3) is 0.217. The summed E-state index contributed by atoms with van der Waals surface area (Å²) in [5.41, 5.74) is 1.60. The Morgan fingerprint density at radius 3 is 2.10 bits per heavy atom. The van der Waals surface area contributed by atoms with Crippen molar-refractivity contribution in [1.82, 2.24) is 4.98 Å². The van der Waals surface area contributed by atoms with Gasteiger partial charge in [0.1, 0.15) is 11.6 Å². The monoisotopic (exact) mass is 396 g/mol. The Bertz CT molecular complexity index is 1100. The lowest BCUT2D eigenvalue weighted by Gasteiger charge is -2.11. The number of benzene rings is 2. The van der Waals surface area contributed by atoms with Crippen LogP contribution in [0.25, 0.3) is 22.4 Å². The topological polar surface area (TPSA) is 56.6 Å². The number of aromatic nitrogens is 1. The molecular weight excluding hydrogens is 377 g/mol. The number of pyridine rings is 1. The van der Waals surface area contributed by atoms with Crippen molar-refractivity contribution < 1.29 is 13.2 Å². The molecule has 0 aliphatic rings. The summed E-state index contributed by atoms with van der Waals surface area (Å²) in [5, 5.41) is 9.38. The Morgan fingerprint density at radius 2 is 1.59 bits per heavy atom. The Hall–Kier alpha value is -3.33. The third-order valence-electron chi connectivity index (χ3n) is 4.58. The summed E-state index contributed by atoms with van der Waals surface area (Å²) in [6.07, 6.45) is -3.52. The van der Waals surface area contributed by atoms with Crippen molar-refractivity contribution in [2.75, 3.05) is 0 Å². The van der Waals surface area contributed by atoms with Gasteiger partial charge in [0.2, 0.25) is 0 Å². The zero-order valence-electron chi connectivity index (χ0n) is 16.0. The molecule has 0 bridgehead atoms. The summed E-state index contributed by atoms with van der Waals surface area (Å²) in [5.74, 6) is 0.516. The molecule has 0 atom stereocenters. The van der Waals surface area contributed by atoms with Crippen LogP contribution in [0.3, 0.4) is 0 Å². The predicted molar refractivity (Wildman–Crippen MR) is 106 cm³/mol. The normalized spacial score (nSPS) is 11.5. The van der Waals surface area contributed by atoms with Crippen LogP contribution in [0.4, 0.5) is 13.2 Å². The quantitative estimate of drug-likeness (QED) is 0.606. The molecule has 3 aromatic rings. The molecule has 0 spiro atoms. The summed E-state index contributed by atoms with van der Waals surface area (Å²) in [6, 6.07) is 15.6. The first-order chi connectivity index (χ1) is 13.7. The molecule has 0 amide bonds. The van der Waals surface area contributed by atoms with E-state index < -0.39 is 17.3 Å². The van der Waals surface area contributed by atoms with Gasteiger partial charge in [-0.2, -0.15) is 18.4 Å². The Labute approximate surface area is 166 Å². The number of nitrogens with one attached hydrogen (secondary N) is 1. The SMILES string of the molecule is CC(C)Cc1ccc(-c2cc(-c3ccc(C(F)(F)F)cc3)c(C#N)c(=O)[nH]2)cc1. The van der Waals surface area contributed by atoms with Gasteiger partial charge in [0.05, 0.1) is 5.56 Å². The average Bonchev–Trinajstić information content (AvgIpc) is 2.67. The predicted octanol–water partition coefficient (Wildman–Crippen LogP) is 5.80. The smallest absolute Gasteiger partial charge is 0.321 e. The van der Waals surface area contributed by atoms with Crippen LogP contribution in [-0.2, 0) is 12.6 Å². The van der Waals surface area contributed by atoms with Crippen molar-refractivity contribution in [3.8, 4) is 28.5 Å². The molecule has 2 aromatic carbocycles. The zero-order valence-corrected chi connectivity index (χ0v) is 16.0. The Morgan fingerprint density at radius 1 is 1.00 bits per heavy atom. The van der Waals surface area contributed by atoms with Gasteiger partial charge < -0.3 is 4.98 Å². The van der Waals surface area contributed by atoms with Gasteiger partial charge in [0.25, 0.3) is 5.56 Å². The number of hydrogen-bond acceptors (Lipinski definition) is 2. The summed E-state index contributed by atoms with van der Waals surface area (Å²) < 4.78 is 38.5. The van der Waals surface area contributed by atoms with Crippen LogP contribution in [0.1, 0.15) is 30.5 Å². The van der Waals surface area contributed by atoms with Crippen LogP contribution >= 0.6 is 0 Å². The Balaban J connectivity index is 2.06. The molecular formula is C23H19F3N2O. The van der Waals surface area contributed by atoms with Crippen molar-refractivity contribution in [3.05, 3.63) is 81.6 Å². The van der Waals surface area contributed by atoms with E-state index in [1.165, 1.54) is 17.7 Å². The second kappa shape index (κ2) is 7.96. The highest BCUT2D eigenvalue weighted by Crippen LogP contribution is 2.32. The van der Waals surface area contributed by atoms with Gasteiger partial charge in [-0.15, -0.1) is 0 Å². The summed E-state index contributed by atoms with van der Waals surface area (Å²) in [6.45, 7) is 4.25. The van der Waals surface area contributed by atoms with Crippen molar-refractivity contribution in [2.24, 2.45) is 5.92 Å². The molecule has 6 heteroatoms. The third-order valence-corrected chi connectivity index (χ3v) is 4.58. The molecule has 1 N–H and O–H groups in total. The molecule has 0 aliphatic heterocycles. The molecule has 3 nitrogen and oxygen atoms in total. The highest BCUT2D eigenvalue weighted by atomic mass is 19.4. The minimum atomic E-state index is -4.45. The number of hydrogen-bond donors (Lipinski definition) is 1. The molecule has 0 fully saturated rings. The summed E-state index contributed by atoms with van der Waals surface area (Å²) >= 11 is 0. The van der Waals surface area contributed by atoms with Crippen molar-refractivity contribution in [1.29, 1.82) is 5.26 Å². The summed E-state index contributed by atoms with van der Waals surface area (Å²) in [4.78, 5) is 15.1. The Kier molecular flexibility index (Phi) is 5.60. The highest BCUT2D eigenvalue weighted by Gasteiger charge is 2.30. The number of halogens is 3. The van der Waals surface area contributed by atoms with E-state index in [1.807, 2.05) is 30.3 Å². The molecule has 1 aromatic heterocycles. The molecule has 0 radical (unpaired) electrons. The minimum absolute atomic E-state index is 0.134. The lowest BCUT2D eigenvalue weighted by molar-refractivity contribution is -0.137. The average molecular weight is 396 g/mol. The van der Waals surface area contributed by atoms with Gasteiger partial charge in [-0.25, -0.2) is 0 Å². The van der Waals surface area contributed by atoms with E-state index in [2.05, 4.69) is 18.8 Å². The van der Waals surface area contributed by atoms with E-state index in [4.69, 9.17) is 0 Å². The van der Waals surface area contributed by atoms with E-state index in [1.54, 1.807) is 6.07 Å². The van der Waals surface area contributed by atoms with Crippen LogP contribution in [0.15, 0.2) is 59.4 Å². The highest BCUT2D eigenvalue weighted by molar-refractivity contribution is 5.75. The number of aromatic amines is 1. The number of H-pyrrole nitrogens is 1. The van der Waals surface area contributed by atoms with Gasteiger partial charge in [0.15, 0.2) is 0 Å². The lowest BCUT2D eigenvalue weighted by atomic mass is 9.97.